The molecule has 0 bridgehead atoms. The van der Waals surface area contributed by atoms with E-state index < -0.39 is 5.79 Å². The molecule has 1 saturated carbocycles. The summed E-state index contributed by atoms with van der Waals surface area (Å²) in [6.07, 6.45) is 10.0. The lowest BCUT2D eigenvalue weighted by Gasteiger charge is -2.41. The van der Waals surface area contributed by atoms with Crippen LogP contribution in [0.5, 0.6) is 11.5 Å². The lowest BCUT2D eigenvalue weighted by atomic mass is 9.93. The maximum atomic E-state index is 6.66. The van der Waals surface area contributed by atoms with Gasteiger partial charge in [0.05, 0.1) is 12.2 Å². The number of benzene rings is 2. The van der Waals surface area contributed by atoms with Gasteiger partial charge in [-0.3, -0.25) is 0 Å². The van der Waals surface area contributed by atoms with E-state index in [0.29, 0.717) is 26.1 Å². The van der Waals surface area contributed by atoms with E-state index in [-0.39, 0.29) is 12.2 Å². The molecule has 32 heavy (non-hydrogen) atoms. The fraction of sp³-hybridized carbons (Fsp3) is 0.429. The Morgan fingerprint density at radius 1 is 0.688 bits per heavy atom. The van der Waals surface area contributed by atoms with Crippen molar-refractivity contribution in [2.75, 3.05) is 13.2 Å². The van der Waals surface area contributed by atoms with Crippen molar-refractivity contribution < 1.29 is 18.9 Å². The molecule has 2 aromatic rings. The quantitative estimate of drug-likeness (QED) is 0.243. The van der Waals surface area contributed by atoms with Crippen LogP contribution in [0.4, 0.5) is 0 Å². The molecule has 0 amide bonds. The van der Waals surface area contributed by atoms with Crippen LogP contribution in [-0.4, -0.2) is 31.2 Å². The van der Waals surface area contributed by atoms with Crippen LogP contribution in [0.15, 0.2) is 86.0 Å². The van der Waals surface area contributed by atoms with E-state index in [4.69, 9.17) is 18.9 Å². The minimum atomic E-state index is -0.639. The number of ether oxygens (including phenoxy) is 4. The molecule has 3 rings (SSSR count). The molecule has 1 fully saturated rings. The monoisotopic (exact) mass is 436 g/mol. The van der Waals surface area contributed by atoms with Crippen molar-refractivity contribution in [1.29, 1.82) is 0 Å². The smallest absolute Gasteiger partial charge is 0.169 e. The largest absolute Gasteiger partial charge is 0.491 e. The second-order valence-electron chi connectivity index (χ2n) is 8.25. The highest BCUT2D eigenvalue weighted by Crippen LogP contribution is 2.36. The molecule has 4 heteroatoms. The minimum absolute atomic E-state index is 0.134. The van der Waals surface area contributed by atoms with Crippen LogP contribution in [0.25, 0.3) is 0 Å². The fourth-order valence-electron chi connectivity index (χ4n) is 4.05. The van der Waals surface area contributed by atoms with Crippen molar-refractivity contribution >= 4 is 0 Å². The highest BCUT2D eigenvalue weighted by atomic mass is 16.7. The van der Waals surface area contributed by atoms with E-state index in [9.17, 15) is 0 Å². The van der Waals surface area contributed by atoms with Gasteiger partial charge in [0.15, 0.2) is 5.79 Å². The van der Waals surface area contributed by atoms with E-state index >= 15 is 0 Å². The van der Waals surface area contributed by atoms with Crippen molar-refractivity contribution in [3.8, 4) is 11.5 Å². The van der Waals surface area contributed by atoms with Gasteiger partial charge in [-0.1, -0.05) is 55.0 Å². The van der Waals surface area contributed by atoms with Gasteiger partial charge < -0.3 is 18.9 Å². The van der Waals surface area contributed by atoms with Gasteiger partial charge >= 0.3 is 0 Å². The van der Waals surface area contributed by atoms with Crippen molar-refractivity contribution in [2.24, 2.45) is 0 Å². The summed E-state index contributed by atoms with van der Waals surface area (Å²) in [5.41, 5.74) is 0. The first-order chi connectivity index (χ1) is 15.7. The molecule has 1 aliphatic carbocycles. The standard InChI is InChI=1S/C28H36O4/c1-3-14-26(22-29-24-16-8-5-9-17-24)31-28(20-12-7-13-21-28)32-27(15-4-2)23-30-25-18-10-6-11-19-25/h3-6,8-11,16-19,26-27H,1-2,7,12-15,20-23H2. The second-order valence-corrected chi connectivity index (χ2v) is 8.25. The Morgan fingerprint density at radius 2 is 1.12 bits per heavy atom. The van der Waals surface area contributed by atoms with Gasteiger partial charge in [0.25, 0.3) is 0 Å². The Kier molecular flexibility index (Phi) is 9.86. The molecule has 0 radical (unpaired) electrons. The zero-order valence-corrected chi connectivity index (χ0v) is 19.0. The zero-order valence-electron chi connectivity index (χ0n) is 19.0. The molecule has 2 aromatic carbocycles. The third kappa shape index (κ3) is 7.85. The number of rotatable bonds is 14. The third-order valence-electron chi connectivity index (χ3n) is 5.60. The average Bonchev–Trinajstić information content (AvgIpc) is 2.83. The van der Waals surface area contributed by atoms with Crippen LogP contribution in [0.1, 0.15) is 44.9 Å². The Morgan fingerprint density at radius 3 is 1.53 bits per heavy atom. The Balaban J connectivity index is 1.66. The molecular formula is C28H36O4. The predicted molar refractivity (Wildman–Crippen MR) is 129 cm³/mol. The van der Waals surface area contributed by atoms with Crippen molar-refractivity contribution in [3.05, 3.63) is 86.0 Å². The molecule has 172 valence electrons. The van der Waals surface area contributed by atoms with E-state index in [2.05, 4.69) is 13.2 Å². The van der Waals surface area contributed by atoms with Crippen LogP contribution in [0, 0.1) is 0 Å². The predicted octanol–water partition coefficient (Wildman–Crippen LogP) is 6.73. The van der Waals surface area contributed by atoms with Gasteiger partial charge in [-0.25, -0.2) is 0 Å². The molecule has 0 N–H and O–H groups in total. The first-order valence-electron chi connectivity index (χ1n) is 11.7. The van der Waals surface area contributed by atoms with Gasteiger partial charge in [-0.2, -0.15) is 0 Å². The summed E-state index contributed by atoms with van der Waals surface area (Å²) >= 11 is 0. The Hall–Kier alpha value is -2.56. The summed E-state index contributed by atoms with van der Waals surface area (Å²) in [4.78, 5) is 0. The number of para-hydroxylation sites is 2. The first kappa shape index (κ1) is 24.1. The summed E-state index contributed by atoms with van der Waals surface area (Å²) in [7, 11) is 0. The SMILES string of the molecule is C=CCC(COc1ccccc1)OC1(OC(CC=C)COc2ccccc2)CCCCC1. The molecule has 2 atom stereocenters. The molecule has 0 aromatic heterocycles. The molecule has 1 aliphatic rings. The van der Waals surface area contributed by atoms with Gasteiger partial charge in [0.1, 0.15) is 24.7 Å². The van der Waals surface area contributed by atoms with E-state index in [1.165, 1.54) is 6.42 Å². The van der Waals surface area contributed by atoms with E-state index in [1.54, 1.807) is 0 Å². The van der Waals surface area contributed by atoms with Crippen LogP contribution < -0.4 is 9.47 Å². The number of hydrogen-bond acceptors (Lipinski definition) is 4. The van der Waals surface area contributed by atoms with Crippen LogP contribution in [0.2, 0.25) is 0 Å². The van der Waals surface area contributed by atoms with Crippen LogP contribution in [-0.2, 0) is 9.47 Å². The summed E-state index contributed by atoms with van der Waals surface area (Å²) in [6, 6.07) is 19.7. The normalized spacial score (nSPS) is 17.1. The maximum Gasteiger partial charge on any atom is 0.169 e. The Bertz CT molecular complexity index is 722. The zero-order chi connectivity index (χ0) is 22.5. The van der Waals surface area contributed by atoms with Crippen molar-refractivity contribution in [2.45, 2.75) is 62.9 Å². The molecule has 2 unspecified atom stereocenters. The summed E-state index contributed by atoms with van der Waals surface area (Å²) < 4.78 is 25.3. The molecule has 0 saturated heterocycles. The summed E-state index contributed by atoms with van der Waals surface area (Å²) in [6.45, 7) is 8.73. The van der Waals surface area contributed by atoms with Gasteiger partial charge in [0, 0.05) is 12.8 Å². The number of hydrogen-bond donors (Lipinski definition) is 0. The summed E-state index contributed by atoms with van der Waals surface area (Å²) in [5, 5.41) is 0. The van der Waals surface area contributed by atoms with E-state index in [1.807, 2.05) is 72.8 Å². The molecule has 0 aliphatic heterocycles. The maximum absolute atomic E-state index is 6.66. The average molecular weight is 437 g/mol. The minimum Gasteiger partial charge on any atom is -0.491 e. The molecular weight excluding hydrogens is 400 g/mol. The first-order valence-corrected chi connectivity index (χ1v) is 11.7. The van der Waals surface area contributed by atoms with Crippen molar-refractivity contribution in [1.82, 2.24) is 0 Å². The lowest BCUT2D eigenvalue weighted by molar-refractivity contribution is -0.295. The fourth-order valence-corrected chi connectivity index (χ4v) is 4.05. The third-order valence-corrected chi connectivity index (χ3v) is 5.60. The second kappa shape index (κ2) is 13.1. The summed E-state index contributed by atoms with van der Waals surface area (Å²) in [5.74, 6) is 1.04. The van der Waals surface area contributed by atoms with Gasteiger partial charge in [-0.05, 0) is 49.9 Å². The highest BCUT2D eigenvalue weighted by molar-refractivity contribution is 5.21. The van der Waals surface area contributed by atoms with Crippen molar-refractivity contribution in [3.63, 3.8) is 0 Å². The molecule has 0 heterocycles. The highest BCUT2D eigenvalue weighted by Gasteiger charge is 2.38. The van der Waals surface area contributed by atoms with Crippen LogP contribution >= 0.6 is 0 Å². The topological polar surface area (TPSA) is 36.9 Å². The molecule has 4 nitrogen and oxygen atoms in total. The Labute approximate surface area is 192 Å². The lowest BCUT2D eigenvalue weighted by Crippen LogP contribution is -2.46. The van der Waals surface area contributed by atoms with E-state index in [0.717, 1.165) is 37.2 Å². The van der Waals surface area contributed by atoms with Gasteiger partial charge in [-0.15, -0.1) is 13.2 Å². The van der Waals surface area contributed by atoms with Gasteiger partial charge in [0.2, 0.25) is 0 Å². The molecule has 0 spiro atoms. The van der Waals surface area contributed by atoms with Crippen LogP contribution in [0.3, 0.4) is 0 Å².